The number of aromatic amines is 1. The van der Waals surface area contributed by atoms with Crippen molar-refractivity contribution in [1.82, 2.24) is 20.1 Å². The number of piperidine rings is 1. The highest BCUT2D eigenvalue weighted by molar-refractivity contribution is 5.89. The molecular formula is C16H20F3N5O2. The minimum Gasteiger partial charge on any atom is -0.384 e. The number of hydrogen-bond donors (Lipinski definition) is 2. The summed E-state index contributed by atoms with van der Waals surface area (Å²) in [6.45, 7) is 1.32. The van der Waals surface area contributed by atoms with Gasteiger partial charge >= 0.3 is 6.18 Å². The first-order valence-corrected chi connectivity index (χ1v) is 8.29. The normalized spacial score (nSPS) is 16.4. The summed E-state index contributed by atoms with van der Waals surface area (Å²) >= 11 is 0. The van der Waals surface area contributed by atoms with Gasteiger partial charge in [0.1, 0.15) is 5.82 Å². The summed E-state index contributed by atoms with van der Waals surface area (Å²) < 4.78 is 45.2. The summed E-state index contributed by atoms with van der Waals surface area (Å²) in [6.07, 6.45) is -3.15. The van der Waals surface area contributed by atoms with E-state index in [0.29, 0.717) is 44.7 Å². The van der Waals surface area contributed by atoms with E-state index in [9.17, 15) is 18.0 Å². The number of amides is 1. The Kier molecular flexibility index (Phi) is 5.03. The summed E-state index contributed by atoms with van der Waals surface area (Å²) in [5, 5.41) is 5.95. The van der Waals surface area contributed by atoms with Crippen molar-refractivity contribution in [3.63, 3.8) is 0 Å². The molecule has 0 bridgehead atoms. The maximum Gasteiger partial charge on any atom is 0.417 e. The highest BCUT2D eigenvalue weighted by atomic mass is 19.4. The summed E-state index contributed by atoms with van der Waals surface area (Å²) in [4.78, 5) is 18.0. The molecule has 0 aromatic carbocycles. The first-order valence-electron chi connectivity index (χ1n) is 8.29. The van der Waals surface area contributed by atoms with Crippen LogP contribution in [-0.4, -0.2) is 52.8 Å². The zero-order valence-electron chi connectivity index (χ0n) is 14.3. The Morgan fingerprint density at radius 1 is 1.42 bits per heavy atom. The molecule has 1 aliphatic heterocycles. The Morgan fingerprint density at radius 2 is 2.12 bits per heavy atom. The van der Waals surface area contributed by atoms with Crippen LogP contribution in [0.25, 0.3) is 11.0 Å². The van der Waals surface area contributed by atoms with Crippen LogP contribution in [0.4, 0.5) is 19.0 Å². The number of rotatable bonds is 4. The van der Waals surface area contributed by atoms with Crippen molar-refractivity contribution in [3.8, 4) is 0 Å². The average molecular weight is 371 g/mol. The van der Waals surface area contributed by atoms with Crippen molar-refractivity contribution in [2.24, 2.45) is 0 Å². The predicted octanol–water partition coefficient (Wildman–Crippen LogP) is 2.30. The molecule has 2 aromatic rings. The van der Waals surface area contributed by atoms with E-state index in [1.165, 1.54) is 7.11 Å². The molecule has 1 amide bonds. The van der Waals surface area contributed by atoms with E-state index in [0.717, 1.165) is 6.07 Å². The van der Waals surface area contributed by atoms with E-state index in [1.54, 1.807) is 4.90 Å². The Hall–Kier alpha value is -2.36. The molecule has 0 atom stereocenters. The number of pyridine rings is 1. The fourth-order valence-electron chi connectivity index (χ4n) is 3.27. The lowest BCUT2D eigenvalue weighted by atomic mass is 9.91. The fraction of sp³-hybridized carbons (Fsp3) is 0.562. The number of methoxy groups -OCH3 is 1. The van der Waals surface area contributed by atoms with Crippen molar-refractivity contribution in [2.45, 2.75) is 31.4 Å². The van der Waals surface area contributed by atoms with Gasteiger partial charge in [0.05, 0.1) is 24.0 Å². The summed E-state index contributed by atoms with van der Waals surface area (Å²) in [5.41, 5.74) is 5.05. The monoisotopic (exact) mass is 371 g/mol. The lowest BCUT2D eigenvalue weighted by Crippen LogP contribution is -2.38. The largest absolute Gasteiger partial charge is 0.417 e. The number of alkyl halides is 3. The number of nitrogens with one attached hydrogen (secondary N) is 1. The SMILES string of the molecule is COCCC(=O)N1CCC(c2cc(C(F)(F)F)c3c(N)[nH]nc3n2)CC1. The molecule has 3 rings (SSSR count). The van der Waals surface area contributed by atoms with Gasteiger partial charge in [-0.15, -0.1) is 0 Å². The standard InChI is InChI=1S/C16H20F3N5O2/c1-26-7-4-12(25)24-5-2-9(3-6-24)11-8-10(16(17,18)19)13-14(20)22-23-15(13)21-11/h8-9H,2-7H2,1H3,(H3,20,21,22,23). The second-order valence-electron chi connectivity index (χ2n) is 6.33. The van der Waals surface area contributed by atoms with Crippen LogP contribution < -0.4 is 5.73 Å². The number of H-pyrrole nitrogens is 1. The fourth-order valence-corrected chi connectivity index (χ4v) is 3.27. The number of anilines is 1. The number of halogens is 3. The van der Waals surface area contributed by atoms with Crippen LogP contribution in [0.5, 0.6) is 0 Å². The van der Waals surface area contributed by atoms with E-state index in [-0.39, 0.29) is 28.7 Å². The smallest absolute Gasteiger partial charge is 0.384 e. The highest BCUT2D eigenvalue weighted by Gasteiger charge is 2.36. The topological polar surface area (TPSA) is 97.1 Å². The van der Waals surface area contributed by atoms with Gasteiger partial charge in [-0.2, -0.15) is 18.3 Å². The lowest BCUT2D eigenvalue weighted by molar-refractivity contribution is -0.136. The van der Waals surface area contributed by atoms with Gasteiger partial charge in [-0.3, -0.25) is 9.89 Å². The van der Waals surface area contributed by atoms with Gasteiger partial charge in [0.2, 0.25) is 5.91 Å². The van der Waals surface area contributed by atoms with Crippen molar-refractivity contribution in [2.75, 3.05) is 32.5 Å². The molecule has 0 unspecified atom stereocenters. The Labute approximate surface area is 147 Å². The zero-order chi connectivity index (χ0) is 18.9. The predicted molar refractivity (Wildman–Crippen MR) is 88.4 cm³/mol. The molecule has 1 aliphatic rings. The Balaban J connectivity index is 1.81. The van der Waals surface area contributed by atoms with E-state index in [4.69, 9.17) is 10.5 Å². The number of nitrogens with two attached hydrogens (primary N) is 1. The van der Waals surface area contributed by atoms with Crippen molar-refractivity contribution < 1.29 is 22.7 Å². The summed E-state index contributed by atoms with van der Waals surface area (Å²) in [5.74, 6) is -0.320. The molecule has 0 saturated carbocycles. The molecule has 1 saturated heterocycles. The van der Waals surface area contributed by atoms with Crippen LogP contribution in [0.2, 0.25) is 0 Å². The van der Waals surface area contributed by atoms with Crippen LogP contribution in [-0.2, 0) is 15.7 Å². The number of ether oxygens (including phenoxy) is 1. The van der Waals surface area contributed by atoms with Gasteiger partial charge in [0.15, 0.2) is 5.65 Å². The van der Waals surface area contributed by atoms with E-state index in [2.05, 4.69) is 15.2 Å². The first kappa shape index (κ1) is 18.4. The molecular weight excluding hydrogens is 351 g/mol. The minimum atomic E-state index is -4.55. The van der Waals surface area contributed by atoms with Crippen LogP contribution in [0.15, 0.2) is 6.07 Å². The van der Waals surface area contributed by atoms with Crippen LogP contribution >= 0.6 is 0 Å². The van der Waals surface area contributed by atoms with Gasteiger partial charge in [-0.25, -0.2) is 4.98 Å². The van der Waals surface area contributed by atoms with Gasteiger partial charge in [0, 0.05) is 31.8 Å². The summed E-state index contributed by atoms with van der Waals surface area (Å²) in [7, 11) is 1.53. The second kappa shape index (κ2) is 7.10. The number of nitrogen functional groups attached to an aromatic ring is 1. The van der Waals surface area contributed by atoms with Gasteiger partial charge in [0.25, 0.3) is 0 Å². The van der Waals surface area contributed by atoms with Crippen LogP contribution in [0.1, 0.15) is 36.4 Å². The van der Waals surface area contributed by atoms with Crippen molar-refractivity contribution in [3.05, 3.63) is 17.3 Å². The number of hydrogen-bond acceptors (Lipinski definition) is 5. The quantitative estimate of drug-likeness (QED) is 0.860. The Bertz CT molecular complexity index is 797. The molecule has 3 N–H and O–H groups in total. The number of likely N-dealkylation sites (tertiary alicyclic amines) is 1. The summed E-state index contributed by atoms with van der Waals surface area (Å²) in [6, 6.07) is 1.06. The van der Waals surface area contributed by atoms with Crippen molar-refractivity contribution in [1.29, 1.82) is 0 Å². The lowest BCUT2D eigenvalue weighted by Gasteiger charge is -2.32. The average Bonchev–Trinajstić information content (AvgIpc) is 2.99. The first-order chi connectivity index (χ1) is 12.3. The van der Waals surface area contributed by atoms with E-state index >= 15 is 0 Å². The van der Waals surface area contributed by atoms with Crippen molar-refractivity contribution >= 4 is 22.8 Å². The molecule has 1 fully saturated rings. The third kappa shape index (κ3) is 3.59. The molecule has 2 aromatic heterocycles. The number of aromatic nitrogens is 3. The molecule has 10 heteroatoms. The number of fused-ring (bicyclic) bond motifs is 1. The van der Waals surface area contributed by atoms with Crippen LogP contribution in [0, 0.1) is 0 Å². The third-order valence-corrected chi connectivity index (χ3v) is 4.66. The molecule has 142 valence electrons. The van der Waals surface area contributed by atoms with Gasteiger partial charge in [-0.1, -0.05) is 0 Å². The number of nitrogens with zero attached hydrogens (tertiary/aromatic N) is 3. The molecule has 7 nitrogen and oxygen atoms in total. The minimum absolute atomic E-state index is 0.00948. The van der Waals surface area contributed by atoms with Gasteiger partial charge < -0.3 is 15.4 Å². The zero-order valence-corrected chi connectivity index (χ0v) is 14.3. The van der Waals surface area contributed by atoms with Crippen LogP contribution in [0.3, 0.4) is 0 Å². The number of carbonyl (C=O) groups excluding carboxylic acids is 1. The molecule has 0 spiro atoms. The molecule has 0 aliphatic carbocycles. The Morgan fingerprint density at radius 3 is 2.73 bits per heavy atom. The highest BCUT2D eigenvalue weighted by Crippen LogP contribution is 2.39. The number of carbonyl (C=O) groups is 1. The molecule has 0 radical (unpaired) electrons. The van der Waals surface area contributed by atoms with E-state index in [1.807, 2.05) is 0 Å². The second-order valence-corrected chi connectivity index (χ2v) is 6.33. The van der Waals surface area contributed by atoms with Gasteiger partial charge in [-0.05, 0) is 18.9 Å². The van der Waals surface area contributed by atoms with E-state index < -0.39 is 11.7 Å². The molecule has 26 heavy (non-hydrogen) atoms. The maximum atomic E-state index is 13.4. The third-order valence-electron chi connectivity index (χ3n) is 4.66. The molecule has 3 heterocycles. The maximum absolute atomic E-state index is 13.4.